The molecule has 1 aliphatic carbocycles. The van der Waals surface area contributed by atoms with E-state index in [-0.39, 0.29) is 12.1 Å². The molecular formula is C16H33NO. The van der Waals surface area contributed by atoms with Gasteiger partial charge in [-0.1, -0.05) is 34.6 Å². The second-order valence-electron chi connectivity index (χ2n) is 7.49. The number of rotatable bonds is 5. The third-order valence-electron chi connectivity index (χ3n) is 4.33. The fraction of sp³-hybridized carbons (Fsp3) is 1.00. The molecule has 1 aliphatic rings. The van der Waals surface area contributed by atoms with E-state index in [2.05, 4.69) is 34.6 Å². The van der Waals surface area contributed by atoms with Crippen LogP contribution in [0.25, 0.3) is 0 Å². The molecule has 0 aromatic rings. The Morgan fingerprint density at radius 1 is 1.22 bits per heavy atom. The molecule has 2 nitrogen and oxygen atoms in total. The predicted molar refractivity (Wildman–Crippen MR) is 78.6 cm³/mol. The summed E-state index contributed by atoms with van der Waals surface area (Å²) in [5.74, 6) is 1.53. The standard InChI is InChI=1S/C16H33NO/c1-12(2)7-6-10-18-15-11-13(16(3,4)5)8-9-14(15)17/h12-15H,6-11,17H2,1-5H3. The van der Waals surface area contributed by atoms with E-state index in [1.165, 1.54) is 19.3 Å². The van der Waals surface area contributed by atoms with Gasteiger partial charge in [0.25, 0.3) is 0 Å². The molecule has 2 heteroatoms. The molecule has 1 rings (SSSR count). The summed E-state index contributed by atoms with van der Waals surface area (Å²) in [5, 5.41) is 0. The van der Waals surface area contributed by atoms with Gasteiger partial charge in [-0.2, -0.15) is 0 Å². The fourth-order valence-corrected chi connectivity index (χ4v) is 2.86. The molecule has 3 atom stereocenters. The highest BCUT2D eigenvalue weighted by Gasteiger charge is 2.34. The Morgan fingerprint density at radius 3 is 2.44 bits per heavy atom. The van der Waals surface area contributed by atoms with Crippen molar-refractivity contribution in [3.05, 3.63) is 0 Å². The largest absolute Gasteiger partial charge is 0.377 e. The van der Waals surface area contributed by atoms with Crippen molar-refractivity contribution in [2.45, 2.75) is 78.9 Å². The molecule has 108 valence electrons. The van der Waals surface area contributed by atoms with Crippen molar-refractivity contribution in [1.29, 1.82) is 0 Å². The van der Waals surface area contributed by atoms with Gasteiger partial charge in [0, 0.05) is 12.6 Å². The zero-order valence-corrected chi connectivity index (χ0v) is 13.0. The summed E-state index contributed by atoms with van der Waals surface area (Å²) in [5.41, 5.74) is 6.59. The zero-order chi connectivity index (χ0) is 13.8. The number of hydrogen-bond donors (Lipinski definition) is 1. The van der Waals surface area contributed by atoms with Gasteiger partial charge in [0.15, 0.2) is 0 Å². The van der Waals surface area contributed by atoms with Gasteiger partial charge in [-0.05, 0) is 49.4 Å². The fourth-order valence-electron chi connectivity index (χ4n) is 2.86. The van der Waals surface area contributed by atoms with E-state index >= 15 is 0 Å². The maximum absolute atomic E-state index is 6.20. The SMILES string of the molecule is CC(C)CCCOC1CC(C(C)(C)C)CCC1N. The first kappa shape index (κ1) is 16.0. The van der Waals surface area contributed by atoms with Crippen LogP contribution in [0, 0.1) is 17.3 Å². The first-order valence-corrected chi connectivity index (χ1v) is 7.68. The molecule has 0 spiro atoms. The molecule has 18 heavy (non-hydrogen) atoms. The lowest BCUT2D eigenvalue weighted by Gasteiger charge is -2.40. The predicted octanol–water partition coefficient (Wildman–Crippen LogP) is 3.98. The molecule has 0 radical (unpaired) electrons. The molecule has 0 amide bonds. The second kappa shape index (κ2) is 6.91. The Hall–Kier alpha value is -0.0800. The van der Waals surface area contributed by atoms with E-state index < -0.39 is 0 Å². The van der Waals surface area contributed by atoms with Crippen LogP contribution in [-0.4, -0.2) is 18.8 Å². The number of hydrogen-bond acceptors (Lipinski definition) is 2. The van der Waals surface area contributed by atoms with Crippen LogP contribution in [0.1, 0.15) is 66.7 Å². The highest BCUT2D eigenvalue weighted by atomic mass is 16.5. The third-order valence-corrected chi connectivity index (χ3v) is 4.33. The zero-order valence-electron chi connectivity index (χ0n) is 13.0. The van der Waals surface area contributed by atoms with Crippen molar-refractivity contribution < 1.29 is 4.74 Å². The molecule has 0 bridgehead atoms. The van der Waals surface area contributed by atoms with E-state index in [0.29, 0.717) is 5.41 Å². The van der Waals surface area contributed by atoms with E-state index in [1.807, 2.05) is 0 Å². The lowest BCUT2D eigenvalue weighted by molar-refractivity contribution is -0.0207. The molecule has 2 N–H and O–H groups in total. The average molecular weight is 255 g/mol. The van der Waals surface area contributed by atoms with Gasteiger partial charge in [-0.25, -0.2) is 0 Å². The summed E-state index contributed by atoms with van der Waals surface area (Å²) in [6.45, 7) is 12.4. The van der Waals surface area contributed by atoms with Gasteiger partial charge in [0.05, 0.1) is 6.10 Å². The maximum atomic E-state index is 6.20. The smallest absolute Gasteiger partial charge is 0.0728 e. The topological polar surface area (TPSA) is 35.2 Å². The Labute approximate surface area is 114 Å². The van der Waals surface area contributed by atoms with Gasteiger partial charge < -0.3 is 10.5 Å². The van der Waals surface area contributed by atoms with Crippen LogP contribution in [0.15, 0.2) is 0 Å². The molecule has 1 fully saturated rings. The van der Waals surface area contributed by atoms with Crippen molar-refractivity contribution in [1.82, 2.24) is 0 Å². The van der Waals surface area contributed by atoms with Crippen molar-refractivity contribution in [2.75, 3.05) is 6.61 Å². The van der Waals surface area contributed by atoms with E-state index in [0.717, 1.165) is 31.3 Å². The van der Waals surface area contributed by atoms with Crippen LogP contribution < -0.4 is 5.73 Å². The third kappa shape index (κ3) is 5.27. The van der Waals surface area contributed by atoms with Crippen LogP contribution in [0.3, 0.4) is 0 Å². The first-order chi connectivity index (χ1) is 8.30. The molecule has 0 aromatic heterocycles. The quantitative estimate of drug-likeness (QED) is 0.754. The Morgan fingerprint density at radius 2 is 1.89 bits per heavy atom. The summed E-state index contributed by atoms with van der Waals surface area (Å²) >= 11 is 0. The van der Waals surface area contributed by atoms with E-state index in [9.17, 15) is 0 Å². The van der Waals surface area contributed by atoms with Crippen LogP contribution >= 0.6 is 0 Å². The summed E-state index contributed by atoms with van der Waals surface area (Å²) in [6.07, 6.45) is 6.24. The highest BCUT2D eigenvalue weighted by Crippen LogP contribution is 2.38. The average Bonchev–Trinajstić information content (AvgIpc) is 2.24. The Bertz CT molecular complexity index is 232. The summed E-state index contributed by atoms with van der Waals surface area (Å²) in [4.78, 5) is 0. The van der Waals surface area contributed by atoms with E-state index in [4.69, 9.17) is 10.5 Å². The lowest BCUT2D eigenvalue weighted by Crippen LogP contribution is -2.44. The molecule has 0 aliphatic heterocycles. The molecule has 3 unspecified atom stereocenters. The van der Waals surface area contributed by atoms with Crippen molar-refractivity contribution >= 4 is 0 Å². The Balaban J connectivity index is 2.34. The molecule has 1 saturated carbocycles. The number of nitrogens with two attached hydrogens (primary N) is 1. The second-order valence-corrected chi connectivity index (χ2v) is 7.49. The summed E-state index contributed by atoms with van der Waals surface area (Å²) < 4.78 is 6.05. The monoisotopic (exact) mass is 255 g/mol. The minimum absolute atomic E-state index is 0.252. The van der Waals surface area contributed by atoms with Gasteiger partial charge in [-0.15, -0.1) is 0 Å². The number of ether oxygens (including phenoxy) is 1. The molecular weight excluding hydrogens is 222 g/mol. The minimum atomic E-state index is 0.252. The lowest BCUT2D eigenvalue weighted by atomic mass is 9.70. The first-order valence-electron chi connectivity index (χ1n) is 7.68. The maximum Gasteiger partial charge on any atom is 0.0728 e. The minimum Gasteiger partial charge on any atom is -0.377 e. The molecule has 0 heterocycles. The van der Waals surface area contributed by atoms with Gasteiger partial charge in [0.1, 0.15) is 0 Å². The summed E-state index contributed by atoms with van der Waals surface area (Å²) in [7, 11) is 0. The van der Waals surface area contributed by atoms with Crippen molar-refractivity contribution in [2.24, 2.45) is 23.0 Å². The van der Waals surface area contributed by atoms with Crippen molar-refractivity contribution in [3.8, 4) is 0 Å². The normalized spacial score (nSPS) is 29.8. The van der Waals surface area contributed by atoms with Gasteiger partial charge in [-0.3, -0.25) is 0 Å². The van der Waals surface area contributed by atoms with Gasteiger partial charge in [0.2, 0.25) is 0 Å². The van der Waals surface area contributed by atoms with Crippen LogP contribution in [0.5, 0.6) is 0 Å². The highest BCUT2D eigenvalue weighted by molar-refractivity contribution is 4.88. The Kier molecular flexibility index (Phi) is 6.13. The van der Waals surface area contributed by atoms with Crippen LogP contribution in [-0.2, 0) is 4.74 Å². The molecule has 0 aromatic carbocycles. The molecule has 0 saturated heterocycles. The van der Waals surface area contributed by atoms with E-state index in [1.54, 1.807) is 0 Å². The summed E-state index contributed by atoms with van der Waals surface area (Å²) in [6, 6.07) is 0.252. The van der Waals surface area contributed by atoms with Crippen molar-refractivity contribution in [3.63, 3.8) is 0 Å². The van der Waals surface area contributed by atoms with Crippen LogP contribution in [0.2, 0.25) is 0 Å². The van der Waals surface area contributed by atoms with Crippen LogP contribution in [0.4, 0.5) is 0 Å². The van der Waals surface area contributed by atoms with Gasteiger partial charge >= 0.3 is 0 Å².